The lowest BCUT2D eigenvalue weighted by Crippen LogP contribution is -2.00. The van der Waals surface area contributed by atoms with E-state index < -0.39 is 0 Å². The molecule has 4 rings (SSSR count). The fourth-order valence-electron chi connectivity index (χ4n) is 2.99. The summed E-state index contributed by atoms with van der Waals surface area (Å²) in [5, 5.41) is 9.52. The number of nitrogens with zero attached hydrogens (tertiary/aromatic N) is 3. The van der Waals surface area contributed by atoms with E-state index >= 15 is 0 Å². The number of rotatable bonds is 2. The predicted molar refractivity (Wildman–Crippen MR) is 86.4 cm³/mol. The molecule has 0 N–H and O–H groups in total. The van der Waals surface area contributed by atoms with Crippen LogP contribution in [0.4, 0.5) is 4.39 Å². The van der Waals surface area contributed by atoms with Crippen molar-refractivity contribution in [3.63, 3.8) is 0 Å². The quantitative estimate of drug-likeness (QED) is 0.719. The summed E-state index contributed by atoms with van der Waals surface area (Å²) in [6.45, 7) is 5.12. The van der Waals surface area contributed by atoms with Gasteiger partial charge in [0.05, 0.1) is 6.61 Å². The molecule has 0 spiro atoms. The van der Waals surface area contributed by atoms with Gasteiger partial charge in [-0.25, -0.2) is 4.39 Å². The van der Waals surface area contributed by atoms with Crippen molar-refractivity contribution in [2.24, 2.45) is 0 Å². The summed E-state index contributed by atoms with van der Waals surface area (Å²) in [6.07, 6.45) is 0.776. The molecule has 0 fully saturated rings. The molecule has 0 saturated carbocycles. The SMILES string of the molecule is Cc1sc2c(c1Cc1ccc(F)cc1)COCc1nnc(C)n1-2. The molecule has 0 unspecified atom stereocenters. The highest BCUT2D eigenvalue weighted by Gasteiger charge is 2.24. The van der Waals surface area contributed by atoms with E-state index in [4.69, 9.17) is 4.74 Å². The number of ether oxygens (including phenoxy) is 1. The van der Waals surface area contributed by atoms with Gasteiger partial charge < -0.3 is 4.74 Å². The van der Waals surface area contributed by atoms with Crippen LogP contribution in [-0.4, -0.2) is 14.8 Å². The van der Waals surface area contributed by atoms with Crippen molar-refractivity contribution in [3.8, 4) is 5.00 Å². The highest BCUT2D eigenvalue weighted by molar-refractivity contribution is 7.14. The first kappa shape index (κ1) is 14.5. The molecular formula is C17H16FN3OS. The van der Waals surface area contributed by atoms with E-state index in [1.165, 1.54) is 28.1 Å². The lowest BCUT2D eigenvalue weighted by Gasteiger charge is -2.07. The van der Waals surface area contributed by atoms with Crippen molar-refractivity contribution in [1.82, 2.24) is 14.8 Å². The van der Waals surface area contributed by atoms with Gasteiger partial charge in [0.15, 0.2) is 5.82 Å². The number of aromatic nitrogens is 3. The molecule has 23 heavy (non-hydrogen) atoms. The van der Waals surface area contributed by atoms with E-state index in [2.05, 4.69) is 21.7 Å². The highest BCUT2D eigenvalue weighted by Crippen LogP contribution is 2.36. The fraction of sp³-hybridized carbons (Fsp3) is 0.294. The van der Waals surface area contributed by atoms with Crippen molar-refractivity contribution in [2.75, 3.05) is 0 Å². The molecule has 0 amide bonds. The molecule has 0 saturated heterocycles. The molecule has 4 nitrogen and oxygen atoms in total. The molecule has 2 aromatic heterocycles. The van der Waals surface area contributed by atoms with Crippen LogP contribution < -0.4 is 0 Å². The second kappa shape index (κ2) is 5.54. The molecular weight excluding hydrogens is 313 g/mol. The minimum atomic E-state index is -0.206. The second-order valence-electron chi connectivity index (χ2n) is 5.72. The standard InChI is InChI=1S/C17H16FN3OS/c1-10-14(7-12-3-5-13(18)6-4-12)15-8-22-9-16-20-19-11(2)21(16)17(15)23-10/h3-6H,7-9H2,1-2H3. The summed E-state index contributed by atoms with van der Waals surface area (Å²) in [6, 6.07) is 6.69. The smallest absolute Gasteiger partial charge is 0.164 e. The Morgan fingerprint density at radius 1 is 1.17 bits per heavy atom. The zero-order chi connectivity index (χ0) is 16.0. The van der Waals surface area contributed by atoms with Gasteiger partial charge in [0.25, 0.3) is 0 Å². The molecule has 3 aromatic rings. The molecule has 6 heteroatoms. The molecule has 1 aliphatic rings. The van der Waals surface area contributed by atoms with Crippen LogP contribution in [0.3, 0.4) is 0 Å². The minimum Gasteiger partial charge on any atom is -0.369 e. The molecule has 118 valence electrons. The Morgan fingerprint density at radius 2 is 1.96 bits per heavy atom. The molecule has 1 aliphatic heterocycles. The van der Waals surface area contributed by atoms with E-state index in [1.807, 2.05) is 19.1 Å². The van der Waals surface area contributed by atoms with Crippen LogP contribution in [0.15, 0.2) is 24.3 Å². The number of thiophene rings is 1. The Morgan fingerprint density at radius 3 is 2.74 bits per heavy atom. The lowest BCUT2D eigenvalue weighted by molar-refractivity contribution is 0.104. The van der Waals surface area contributed by atoms with Gasteiger partial charge in [0.2, 0.25) is 0 Å². The summed E-state index contributed by atoms with van der Waals surface area (Å²) < 4.78 is 21.0. The second-order valence-corrected chi connectivity index (χ2v) is 6.92. The van der Waals surface area contributed by atoms with Gasteiger partial charge in [-0.05, 0) is 43.5 Å². The number of fused-ring (bicyclic) bond motifs is 3. The van der Waals surface area contributed by atoms with Crippen LogP contribution in [0.2, 0.25) is 0 Å². The largest absolute Gasteiger partial charge is 0.369 e. The molecule has 0 bridgehead atoms. The van der Waals surface area contributed by atoms with Gasteiger partial charge in [-0.2, -0.15) is 0 Å². The first-order chi connectivity index (χ1) is 11.1. The van der Waals surface area contributed by atoms with Gasteiger partial charge in [0, 0.05) is 10.4 Å². The van der Waals surface area contributed by atoms with E-state index in [1.54, 1.807) is 11.3 Å². The van der Waals surface area contributed by atoms with E-state index in [-0.39, 0.29) is 5.82 Å². The van der Waals surface area contributed by atoms with Crippen LogP contribution >= 0.6 is 11.3 Å². The lowest BCUT2D eigenvalue weighted by atomic mass is 10.0. The van der Waals surface area contributed by atoms with Gasteiger partial charge >= 0.3 is 0 Å². The zero-order valence-corrected chi connectivity index (χ0v) is 13.8. The monoisotopic (exact) mass is 329 g/mol. The molecule has 0 atom stereocenters. The number of hydrogen-bond donors (Lipinski definition) is 0. The Labute approximate surface area is 137 Å². The fourth-order valence-corrected chi connectivity index (χ4v) is 4.23. The first-order valence-electron chi connectivity index (χ1n) is 7.48. The third kappa shape index (κ3) is 2.48. The summed E-state index contributed by atoms with van der Waals surface area (Å²) in [5.74, 6) is 1.51. The zero-order valence-electron chi connectivity index (χ0n) is 13.0. The van der Waals surface area contributed by atoms with Gasteiger partial charge in [0.1, 0.15) is 23.2 Å². The number of hydrogen-bond acceptors (Lipinski definition) is 4. The Hall–Kier alpha value is -2.05. The average molecular weight is 329 g/mol. The van der Waals surface area contributed by atoms with Crippen molar-refractivity contribution in [1.29, 1.82) is 0 Å². The highest BCUT2D eigenvalue weighted by atomic mass is 32.1. The van der Waals surface area contributed by atoms with Crippen LogP contribution in [0.25, 0.3) is 5.00 Å². The van der Waals surface area contributed by atoms with Gasteiger partial charge in [-0.15, -0.1) is 21.5 Å². The third-order valence-corrected chi connectivity index (χ3v) is 5.34. The normalized spacial score (nSPS) is 13.5. The maximum Gasteiger partial charge on any atom is 0.164 e. The summed E-state index contributed by atoms with van der Waals surface area (Å²) in [7, 11) is 0. The van der Waals surface area contributed by atoms with Crippen LogP contribution in [0.5, 0.6) is 0 Å². The third-order valence-electron chi connectivity index (χ3n) is 4.16. The van der Waals surface area contributed by atoms with Gasteiger partial charge in [-0.1, -0.05) is 12.1 Å². The van der Waals surface area contributed by atoms with Crippen LogP contribution in [-0.2, 0) is 24.4 Å². The number of aryl methyl sites for hydroxylation is 2. The Kier molecular flexibility index (Phi) is 3.50. The average Bonchev–Trinajstić information content (AvgIpc) is 2.97. The van der Waals surface area contributed by atoms with Crippen molar-refractivity contribution >= 4 is 11.3 Å². The Bertz CT molecular complexity index is 867. The number of benzene rings is 1. The summed E-state index contributed by atoms with van der Waals surface area (Å²) in [5.41, 5.74) is 3.55. The minimum absolute atomic E-state index is 0.206. The maximum absolute atomic E-state index is 13.1. The number of halogens is 1. The van der Waals surface area contributed by atoms with Crippen LogP contribution in [0.1, 0.15) is 33.2 Å². The van der Waals surface area contributed by atoms with Crippen molar-refractivity contribution in [3.05, 3.63) is 63.3 Å². The molecule has 3 heterocycles. The Balaban J connectivity index is 1.80. The topological polar surface area (TPSA) is 39.9 Å². The van der Waals surface area contributed by atoms with E-state index in [0.29, 0.717) is 13.2 Å². The van der Waals surface area contributed by atoms with E-state index in [0.717, 1.165) is 28.6 Å². The summed E-state index contributed by atoms with van der Waals surface area (Å²) in [4.78, 5) is 1.25. The summed E-state index contributed by atoms with van der Waals surface area (Å²) >= 11 is 1.74. The van der Waals surface area contributed by atoms with Crippen molar-refractivity contribution < 1.29 is 9.13 Å². The molecule has 1 aromatic carbocycles. The van der Waals surface area contributed by atoms with Gasteiger partial charge in [-0.3, -0.25) is 4.57 Å². The first-order valence-corrected chi connectivity index (χ1v) is 8.29. The van der Waals surface area contributed by atoms with E-state index in [9.17, 15) is 4.39 Å². The maximum atomic E-state index is 13.1. The van der Waals surface area contributed by atoms with Crippen LogP contribution in [0, 0.1) is 19.7 Å². The predicted octanol–water partition coefficient (Wildman–Crippen LogP) is 3.71. The van der Waals surface area contributed by atoms with Crippen molar-refractivity contribution in [2.45, 2.75) is 33.5 Å². The molecule has 0 aliphatic carbocycles. The molecule has 0 radical (unpaired) electrons.